The van der Waals surface area contributed by atoms with Gasteiger partial charge in [-0.25, -0.2) is 0 Å². The molecule has 266 valence electrons. The van der Waals surface area contributed by atoms with Crippen LogP contribution in [0.15, 0.2) is 0 Å². The van der Waals surface area contributed by atoms with E-state index < -0.39 is 0 Å². The third-order valence-corrected chi connectivity index (χ3v) is 10.6. The van der Waals surface area contributed by atoms with Gasteiger partial charge in [-0.1, -0.05) is 142 Å². The highest BCUT2D eigenvalue weighted by molar-refractivity contribution is 5.69. The summed E-state index contributed by atoms with van der Waals surface area (Å²) in [5, 5.41) is 16.4. The number of unbranched alkanes of at least 4 members (excludes halogenated alkanes) is 14. The summed E-state index contributed by atoms with van der Waals surface area (Å²) in [6.45, 7) is 5.92. The van der Waals surface area contributed by atoms with Crippen LogP contribution in [0.1, 0.15) is 187 Å². The van der Waals surface area contributed by atoms with Crippen LogP contribution < -0.4 is 0 Å². The van der Waals surface area contributed by atoms with Gasteiger partial charge in [0.1, 0.15) is 0 Å². The Morgan fingerprint density at radius 2 is 1.18 bits per heavy atom. The highest BCUT2D eigenvalue weighted by Gasteiger charge is 2.28. The monoisotopic (exact) mass is 638 g/mol. The summed E-state index contributed by atoms with van der Waals surface area (Å²) in [6, 6.07) is 0. The van der Waals surface area contributed by atoms with Gasteiger partial charge in [-0.15, -0.1) is 0 Å². The quantitative estimate of drug-likeness (QED) is 0.0529. The molecule has 0 amide bonds. The van der Waals surface area contributed by atoms with Crippen molar-refractivity contribution in [1.82, 2.24) is 4.90 Å². The summed E-state index contributed by atoms with van der Waals surface area (Å²) < 4.78 is 5.41. The number of aliphatic hydroxyl groups is 1. The van der Waals surface area contributed by atoms with Crippen LogP contribution in [0.5, 0.6) is 0 Å². The van der Waals surface area contributed by atoms with E-state index in [0.717, 1.165) is 56.7 Å². The van der Waals surface area contributed by atoms with Gasteiger partial charge in [0.25, 0.3) is 6.47 Å². The maximum absolute atomic E-state index is 11.9. The molecule has 0 bridgehead atoms. The van der Waals surface area contributed by atoms with Crippen LogP contribution in [0.2, 0.25) is 0 Å². The lowest BCUT2D eigenvalue weighted by atomic mass is 9.70. The van der Waals surface area contributed by atoms with E-state index in [-0.39, 0.29) is 19.0 Å². The van der Waals surface area contributed by atoms with Crippen molar-refractivity contribution in [3.05, 3.63) is 0 Å². The normalized spacial score (nSPS) is 18.8. The highest BCUT2D eigenvalue weighted by atomic mass is 16.5. The third kappa shape index (κ3) is 24.7. The fraction of sp³-hybridized carbons (Fsp3) is 0.949. The van der Waals surface area contributed by atoms with Gasteiger partial charge in [-0.2, -0.15) is 0 Å². The Hall–Kier alpha value is -1.14. The molecule has 0 atom stereocenters. The number of hydrogen-bond acceptors (Lipinski definition) is 5. The van der Waals surface area contributed by atoms with Crippen molar-refractivity contribution in [3.63, 3.8) is 0 Å². The van der Waals surface area contributed by atoms with Gasteiger partial charge < -0.3 is 19.8 Å². The topological polar surface area (TPSA) is 87.1 Å². The van der Waals surface area contributed by atoms with Crippen molar-refractivity contribution in [3.8, 4) is 0 Å². The molecule has 0 unspecified atom stereocenters. The largest absolute Gasteiger partial charge is 0.483 e. The number of nitrogens with zero attached hydrogens (tertiary/aromatic N) is 1. The first-order valence-corrected chi connectivity index (χ1v) is 19.7. The number of carboxylic acid groups (broad SMARTS) is 1. The number of carbonyl (C=O) groups excluding carboxylic acids is 1. The van der Waals surface area contributed by atoms with Crippen molar-refractivity contribution >= 4 is 12.4 Å². The van der Waals surface area contributed by atoms with Gasteiger partial charge in [-0.3, -0.25) is 9.59 Å². The molecule has 6 nitrogen and oxygen atoms in total. The lowest BCUT2D eigenvalue weighted by Crippen LogP contribution is -2.29. The zero-order valence-electron chi connectivity index (χ0n) is 29.7. The van der Waals surface area contributed by atoms with E-state index in [1.807, 2.05) is 0 Å². The summed E-state index contributed by atoms with van der Waals surface area (Å²) >= 11 is 0. The Balaban J connectivity index is 0.00000324. The maximum atomic E-state index is 11.9. The number of ether oxygens (including phenoxy) is 1. The molecule has 0 spiro atoms. The van der Waals surface area contributed by atoms with E-state index in [2.05, 4.69) is 11.8 Å². The first kappa shape index (κ1) is 41.9. The van der Waals surface area contributed by atoms with Crippen LogP contribution in [-0.2, 0) is 14.3 Å². The van der Waals surface area contributed by atoms with E-state index >= 15 is 0 Å². The Morgan fingerprint density at radius 3 is 1.78 bits per heavy atom. The molecule has 0 aliphatic heterocycles. The van der Waals surface area contributed by atoms with Gasteiger partial charge in [0.2, 0.25) is 0 Å². The summed E-state index contributed by atoms with van der Waals surface area (Å²) in [6.07, 6.45) is 37.0. The molecule has 2 rings (SSSR count). The number of aliphatic hydroxyl groups excluding tert-OH is 1. The first-order valence-electron chi connectivity index (χ1n) is 19.7. The van der Waals surface area contributed by atoms with E-state index in [4.69, 9.17) is 14.6 Å². The molecule has 2 N–H and O–H groups in total. The van der Waals surface area contributed by atoms with Crippen LogP contribution in [-0.4, -0.2) is 60.4 Å². The molecular weight excluding hydrogens is 562 g/mol. The molecule has 2 aliphatic carbocycles. The van der Waals surface area contributed by atoms with Crippen LogP contribution in [0, 0.1) is 17.8 Å². The van der Waals surface area contributed by atoms with E-state index in [0.29, 0.717) is 13.0 Å². The fourth-order valence-electron chi connectivity index (χ4n) is 7.78. The lowest BCUT2D eigenvalue weighted by molar-refractivity contribution is -0.143. The average Bonchev–Trinajstić information content (AvgIpc) is 3.06. The van der Waals surface area contributed by atoms with Crippen molar-refractivity contribution in [2.24, 2.45) is 17.8 Å². The SMILES string of the molecule is CCCCCCCCCOC(=O)CCCCCCCN(CCO)CCCCCCCC1CCC(C2CCCCC2)CC1.O=CO. The second-order valence-electron chi connectivity index (χ2n) is 14.3. The molecule has 2 fully saturated rings. The second kappa shape index (κ2) is 31.5. The Labute approximate surface area is 278 Å². The van der Waals surface area contributed by atoms with Gasteiger partial charge in [-0.05, 0) is 69.4 Å². The standard InChI is InChI=1S/C38H73NO3.CH2O2/c1-2-3-4-5-6-13-21-34-42-38(41)25-18-10-8-12-20-31-39(32-33-40)30-19-11-7-9-15-22-35-26-28-37(29-27-35)36-23-16-14-17-24-36;2-1-3/h35-37,40H,2-34H2,1H3;1H,(H,2,3). The minimum absolute atomic E-state index is 0.00732. The summed E-state index contributed by atoms with van der Waals surface area (Å²) in [4.78, 5) is 22.8. The fourth-order valence-corrected chi connectivity index (χ4v) is 7.78. The summed E-state index contributed by atoms with van der Waals surface area (Å²) in [5.74, 6) is 3.17. The molecule has 2 saturated carbocycles. The number of carbonyl (C=O) groups is 2. The summed E-state index contributed by atoms with van der Waals surface area (Å²) in [7, 11) is 0. The van der Waals surface area contributed by atoms with Crippen LogP contribution in [0.3, 0.4) is 0 Å². The van der Waals surface area contributed by atoms with Crippen LogP contribution >= 0.6 is 0 Å². The molecule has 0 saturated heterocycles. The van der Waals surface area contributed by atoms with Gasteiger partial charge in [0.05, 0.1) is 13.2 Å². The Kier molecular flexibility index (Phi) is 29.3. The van der Waals surface area contributed by atoms with Crippen molar-refractivity contribution in [2.45, 2.75) is 187 Å². The molecule has 0 aromatic heterocycles. The van der Waals surface area contributed by atoms with E-state index in [1.54, 1.807) is 0 Å². The summed E-state index contributed by atoms with van der Waals surface area (Å²) in [5.41, 5.74) is 0. The molecule has 2 aliphatic rings. The zero-order chi connectivity index (χ0) is 32.6. The molecular formula is C39H75NO5. The second-order valence-corrected chi connectivity index (χ2v) is 14.3. The molecule has 0 radical (unpaired) electrons. The van der Waals surface area contributed by atoms with E-state index in [9.17, 15) is 9.90 Å². The van der Waals surface area contributed by atoms with Crippen LogP contribution in [0.25, 0.3) is 0 Å². The first-order chi connectivity index (χ1) is 22.1. The van der Waals surface area contributed by atoms with Gasteiger partial charge in [0, 0.05) is 13.0 Å². The molecule has 6 heteroatoms. The van der Waals surface area contributed by atoms with Crippen molar-refractivity contribution in [2.75, 3.05) is 32.8 Å². The number of hydrogen-bond donors (Lipinski definition) is 2. The average molecular weight is 638 g/mol. The molecule has 0 aromatic carbocycles. The van der Waals surface area contributed by atoms with E-state index in [1.165, 1.54) is 154 Å². The molecule has 0 aromatic rings. The maximum Gasteiger partial charge on any atom is 0.305 e. The third-order valence-electron chi connectivity index (χ3n) is 10.6. The number of esters is 1. The zero-order valence-corrected chi connectivity index (χ0v) is 29.7. The lowest BCUT2D eigenvalue weighted by Gasteiger charge is -2.36. The van der Waals surface area contributed by atoms with Crippen molar-refractivity contribution in [1.29, 1.82) is 0 Å². The van der Waals surface area contributed by atoms with Gasteiger partial charge >= 0.3 is 5.97 Å². The van der Waals surface area contributed by atoms with Crippen LogP contribution in [0.4, 0.5) is 0 Å². The minimum Gasteiger partial charge on any atom is -0.483 e. The predicted octanol–water partition coefficient (Wildman–Crippen LogP) is 10.3. The van der Waals surface area contributed by atoms with Crippen molar-refractivity contribution < 1.29 is 24.5 Å². The molecule has 0 heterocycles. The molecule has 45 heavy (non-hydrogen) atoms. The smallest absolute Gasteiger partial charge is 0.305 e. The predicted molar refractivity (Wildman–Crippen MR) is 189 cm³/mol. The number of rotatable bonds is 27. The Bertz CT molecular complexity index is 645. The minimum atomic E-state index is -0.250. The Morgan fingerprint density at radius 1 is 0.667 bits per heavy atom. The van der Waals surface area contributed by atoms with Gasteiger partial charge in [0.15, 0.2) is 0 Å². The highest BCUT2D eigenvalue weighted by Crippen LogP contribution is 2.41.